The van der Waals surface area contributed by atoms with Crippen molar-refractivity contribution in [2.75, 3.05) is 20.3 Å². The average Bonchev–Trinajstić information content (AvgIpc) is 3.56. The van der Waals surface area contributed by atoms with Gasteiger partial charge in [0.1, 0.15) is 18.8 Å². The number of nitrogens with zero attached hydrogens (tertiary/aromatic N) is 1. The van der Waals surface area contributed by atoms with E-state index in [1.807, 2.05) is 45.1 Å². The number of rotatable bonds is 7. The van der Waals surface area contributed by atoms with Crippen molar-refractivity contribution < 1.29 is 43.1 Å². The van der Waals surface area contributed by atoms with E-state index in [1.165, 1.54) is 0 Å². The largest absolute Gasteiger partial charge is 0.462 e. The highest BCUT2D eigenvalue weighted by atomic mass is 16.7. The minimum atomic E-state index is -1.07. The van der Waals surface area contributed by atoms with Crippen molar-refractivity contribution in [1.29, 1.82) is 0 Å². The molecule has 3 N–H and O–H groups in total. The molecule has 6 rings (SSSR count). The van der Waals surface area contributed by atoms with Crippen molar-refractivity contribution in [1.82, 2.24) is 0 Å². The van der Waals surface area contributed by atoms with Gasteiger partial charge in [-0.2, -0.15) is 4.91 Å². The molecule has 3 saturated heterocycles. The van der Waals surface area contributed by atoms with Gasteiger partial charge in [-0.25, -0.2) is 0 Å². The van der Waals surface area contributed by atoms with Gasteiger partial charge in [0.2, 0.25) is 0 Å². The van der Waals surface area contributed by atoms with Crippen LogP contribution in [-0.4, -0.2) is 97.8 Å². The Morgan fingerprint density at radius 3 is 2.59 bits per heavy atom. The van der Waals surface area contributed by atoms with E-state index in [9.17, 15) is 14.8 Å². The maximum absolute atomic E-state index is 14.2. The van der Waals surface area contributed by atoms with E-state index in [-0.39, 0.29) is 42.5 Å². The molecule has 300 valence electrons. The van der Waals surface area contributed by atoms with Gasteiger partial charge in [-0.15, -0.1) is 0 Å². The van der Waals surface area contributed by atoms with E-state index in [0.717, 1.165) is 17.6 Å². The minimum absolute atomic E-state index is 0.0476. The number of hydrogen-bond donors (Lipinski definition) is 2. The van der Waals surface area contributed by atoms with Crippen LogP contribution < -0.4 is 5.73 Å². The molecule has 0 aromatic heterocycles. The lowest BCUT2D eigenvalue weighted by Crippen LogP contribution is -2.66. The summed E-state index contributed by atoms with van der Waals surface area (Å²) in [4.78, 5) is 25.5. The minimum Gasteiger partial charge on any atom is -0.462 e. The van der Waals surface area contributed by atoms with Crippen molar-refractivity contribution >= 4 is 5.97 Å². The van der Waals surface area contributed by atoms with Gasteiger partial charge in [0.15, 0.2) is 12.1 Å². The molecule has 5 heterocycles. The summed E-state index contributed by atoms with van der Waals surface area (Å²) in [5.41, 5.74) is 8.15. The fourth-order valence-corrected chi connectivity index (χ4v) is 9.34. The first-order valence-electron chi connectivity index (χ1n) is 19.9. The summed E-state index contributed by atoms with van der Waals surface area (Å²) in [6, 6.07) is 0. The fraction of sp³-hybridized carbons (Fsp3) is 0.738. The summed E-state index contributed by atoms with van der Waals surface area (Å²) in [7, 11) is 1.57. The molecule has 11 unspecified atom stereocenters. The number of nitroso groups, excluding NO2 is 1. The van der Waals surface area contributed by atoms with E-state index in [0.29, 0.717) is 43.8 Å². The number of aliphatic hydroxyl groups excluding tert-OH is 1. The van der Waals surface area contributed by atoms with Gasteiger partial charge in [-0.3, -0.25) is 4.79 Å². The number of aliphatic hydroxyl groups is 1. The second-order valence-corrected chi connectivity index (χ2v) is 16.7. The van der Waals surface area contributed by atoms with Crippen LogP contribution in [0.3, 0.4) is 0 Å². The Balaban J connectivity index is 1.36. The van der Waals surface area contributed by atoms with Crippen molar-refractivity contribution in [2.24, 2.45) is 40.5 Å². The van der Waals surface area contributed by atoms with Crippen LogP contribution in [-0.2, 0) is 38.0 Å². The van der Waals surface area contributed by atoms with Gasteiger partial charge in [0, 0.05) is 44.1 Å². The molecule has 12 heteroatoms. The number of carbonyl (C=O) groups is 1. The normalized spacial score (nSPS) is 47.3. The van der Waals surface area contributed by atoms with Gasteiger partial charge in [0.05, 0.1) is 54.7 Å². The molecule has 6 aliphatic rings. The molecule has 0 saturated carbocycles. The molecule has 0 amide bonds. The van der Waals surface area contributed by atoms with Crippen LogP contribution in [0.15, 0.2) is 64.4 Å². The number of methoxy groups -OCH3 is 1. The Labute approximate surface area is 320 Å². The molecule has 0 radical (unpaired) electrons. The summed E-state index contributed by atoms with van der Waals surface area (Å²) in [6.45, 7) is 14.5. The quantitative estimate of drug-likeness (QED) is 0.183. The maximum atomic E-state index is 14.2. The molecular weight excluding hydrogens is 692 g/mol. The molecular formula is C42H62N2O10. The molecule has 0 aromatic carbocycles. The number of esters is 1. The van der Waals surface area contributed by atoms with Crippen LogP contribution in [0.4, 0.5) is 0 Å². The van der Waals surface area contributed by atoms with E-state index in [2.05, 4.69) is 51.1 Å². The highest BCUT2D eigenvalue weighted by Crippen LogP contribution is 2.45. The van der Waals surface area contributed by atoms with Crippen LogP contribution in [0.1, 0.15) is 80.6 Å². The lowest BCUT2D eigenvalue weighted by Gasteiger charge is -2.48. The molecule has 1 aliphatic carbocycles. The predicted molar refractivity (Wildman–Crippen MR) is 203 cm³/mol. The van der Waals surface area contributed by atoms with Gasteiger partial charge >= 0.3 is 5.97 Å². The molecule has 12 nitrogen and oxygen atoms in total. The number of ether oxygens (including phenoxy) is 7. The van der Waals surface area contributed by atoms with Crippen LogP contribution in [0.2, 0.25) is 0 Å². The Morgan fingerprint density at radius 1 is 1.09 bits per heavy atom. The molecule has 2 bridgehead atoms. The fourth-order valence-electron chi connectivity index (χ4n) is 9.34. The average molecular weight is 755 g/mol. The SMILES string of the molecule is CCC(C)C1OC2(C=C[C@@H]1C)CC1CC(C/C=C(\C)[C@@H](O[C@H]3CC(OC)C(N)(CN=O)C(C)O3)[C@@H](C)/C=C/C=C3\COC4C(O)C(C)=C[C@@H](C(=O)O1)C34)O2. The molecule has 54 heavy (non-hydrogen) atoms. The Hall–Kier alpha value is -2.55. The lowest BCUT2D eigenvalue weighted by atomic mass is 9.75. The zero-order valence-corrected chi connectivity index (χ0v) is 33.2. The maximum Gasteiger partial charge on any atom is 0.313 e. The first-order chi connectivity index (χ1) is 25.7. The Bertz CT molecular complexity index is 1530. The van der Waals surface area contributed by atoms with Gasteiger partial charge in [0.25, 0.3) is 0 Å². The third-order valence-corrected chi connectivity index (χ3v) is 12.9. The number of allylic oxidation sites excluding steroid dienone is 2. The standard InChI is InChI=1S/C42H62N2O10/c1-9-23(2)38-26(5)15-16-41(54-38)20-31-18-30(53-41)14-13-25(4)37(52-34-19-33(48-8)42(43,22-44-47)28(7)50-34)24(3)11-10-12-29-21-49-39-35(29)32(40(46)51-31)17-27(6)36(39)45/h10-13,15-17,23-24,26,28,30-39,45H,9,14,18-22,43H2,1-8H3/b11-10+,25-13+,29-12+/t23?,24-,26-,28?,30?,31?,32+,33?,34-,35?,36?,37-,38?,39?,41?,42?/m0/s1. The molecule has 0 aromatic rings. The highest BCUT2D eigenvalue weighted by molar-refractivity contribution is 5.76. The third kappa shape index (κ3) is 8.27. The van der Waals surface area contributed by atoms with Crippen molar-refractivity contribution in [3.8, 4) is 0 Å². The predicted octanol–water partition coefficient (Wildman–Crippen LogP) is 5.83. The summed E-state index contributed by atoms with van der Waals surface area (Å²) < 4.78 is 45.2. The zero-order valence-electron chi connectivity index (χ0n) is 33.2. The van der Waals surface area contributed by atoms with E-state index in [1.54, 1.807) is 7.11 Å². The number of nitrogens with two attached hydrogens (primary N) is 1. The van der Waals surface area contributed by atoms with Crippen LogP contribution in [0, 0.1) is 34.5 Å². The first kappa shape index (κ1) is 41.1. The molecule has 16 atom stereocenters. The second-order valence-electron chi connectivity index (χ2n) is 16.7. The highest BCUT2D eigenvalue weighted by Gasteiger charge is 2.52. The van der Waals surface area contributed by atoms with Crippen molar-refractivity contribution in [3.05, 3.63) is 64.2 Å². The number of hydrogen-bond acceptors (Lipinski definition) is 12. The van der Waals surface area contributed by atoms with Gasteiger partial charge < -0.3 is 44.0 Å². The van der Waals surface area contributed by atoms with Crippen LogP contribution >= 0.6 is 0 Å². The summed E-state index contributed by atoms with van der Waals surface area (Å²) in [6.07, 6.45) is 12.7. The van der Waals surface area contributed by atoms with Crippen LogP contribution in [0.5, 0.6) is 0 Å². The summed E-state index contributed by atoms with van der Waals surface area (Å²) in [5.74, 6) is -1.95. The summed E-state index contributed by atoms with van der Waals surface area (Å²) >= 11 is 0. The monoisotopic (exact) mass is 754 g/mol. The van der Waals surface area contributed by atoms with Crippen molar-refractivity contribution in [3.63, 3.8) is 0 Å². The topological polar surface area (TPSA) is 157 Å². The lowest BCUT2D eigenvalue weighted by molar-refractivity contribution is -0.300. The second kappa shape index (κ2) is 16.9. The van der Waals surface area contributed by atoms with Gasteiger partial charge in [-0.05, 0) is 55.9 Å². The van der Waals surface area contributed by atoms with E-state index >= 15 is 0 Å². The Kier molecular flexibility index (Phi) is 12.9. The van der Waals surface area contributed by atoms with E-state index < -0.39 is 60.2 Å². The Morgan fingerprint density at radius 2 is 1.87 bits per heavy atom. The van der Waals surface area contributed by atoms with E-state index in [4.69, 9.17) is 38.9 Å². The molecule has 5 aliphatic heterocycles. The first-order valence-corrected chi connectivity index (χ1v) is 19.9. The smallest absolute Gasteiger partial charge is 0.313 e. The van der Waals surface area contributed by atoms with Gasteiger partial charge in [-0.1, -0.05) is 75.7 Å². The third-order valence-electron chi connectivity index (χ3n) is 12.9. The summed E-state index contributed by atoms with van der Waals surface area (Å²) in [5, 5.41) is 14.2. The van der Waals surface area contributed by atoms with Crippen LogP contribution in [0.25, 0.3) is 0 Å². The zero-order chi connectivity index (χ0) is 38.9. The number of carbonyl (C=O) groups excluding carboxylic acids is 1. The molecule has 3 fully saturated rings. The molecule has 1 spiro atoms. The van der Waals surface area contributed by atoms with Crippen molar-refractivity contribution in [2.45, 2.75) is 147 Å². The number of fused-ring (bicyclic) bond motifs is 2.